The number of hydrogen-bond donors (Lipinski definition) is 0. The van der Waals surface area contributed by atoms with E-state index in [1.807, 2.05) is 140 Å². The summed E-state index contributed by atoms with van der Waals surface area (Å²) >= 11 is 0. The number of rotatable bonds is 27. The summed E-state index contributed by atoms with van der Waals surface area (Å²) in [4.78, 5) is 83.4. The average Bonchev–Trinajstić information content (AvgIpc) is 3.36. The molecule has 5 aromatic rings. The fourth-order valence-electron chi connectivity index (χ4n) is 6.60. The van der Waals surface area contributed by atoms with Crippen molar-refractivity contribution >= 4 is 29.8 Å². The van der Waals surface area contributed by atoms with E-state index in [9.17, 15) is 44.2 Å². The molecule has 0 aromatic heterocycles. The van der Waals surface area contributed by atoms with E-state index in [0.717, 1.165) is 27.8 Å². The van der Waals surface area contributed by atoms with Crippen LogP contribution in [0.4, 0.5) is 0 Å². The van der Waals surface area contributed by atoms with Crippen LogP contribution in [0.15, 0.2) is 152 Å². The van der Waals surface area contributed by atoms with Gasteiger partial charge in [0.15, 0.2) is 0 Å². The molecule has 5 rings (SSSR count). The fourth-order valence-corrected chi connectivity index (χ4v) is 6.60. The molecule has 0 radical (unpaired) electrons. The molecule has 68 heavy (non-hydrogen) atoms. The van der Waals surface area contributed by atoms with Crippen molar-refractivity contribution in [3.05, 3.63) is 200 Å². The van der Waals surface area contributed by atoms with E-state index in [-0.39, 0.29) is 90.9 Å². The third-order valence-corrected chi connectivity index (χ3v) is 10.4. The minimum absolute atomic E-state index is 0.00354. The Morgan fingerprint density at radius 1 is 0.397 bits per heavy atom. The molecule has 3 atom stereocenters. The molecule has 0 aliphatic heterocycles. The van der Waals surface area contributed by atoms with Gasteiger partial charge in [-0.05, 0) is 40.7 Å². The Morgan fingerprint density at radius 2 is 0.691 bits per heavy atom. The van der Waals surface area contributed by atoms with Gasteiger partial charge in [-0.15, -0.1) is 0 Å². The Balaban J connectivity index is 0.000000316. The second-order valence-electron chi connectivity index (χ2n) is 15.7. The highest BCUT2D eigenvalue weighted by molar-refractivity contribution is 5.75. The summed E-state index contributed by atoms with van der Waals surface area (Å²) in [6.07, 6.45) is -0.396. The van der Waals surface area contributed by atoms with Gasteiger partial charge in [0.1, 0.15) is 33.0 Å². The summed E-state index contributed by atoms with van der Waals surface area (Å²) in [6.45, 7) is 0.0479. The van der Waals surface area contributed by atoms with Crippen molar-refractivity contribution in [2.24, 2.45) is 11.8 Å². The van der Waals surface area contributed by atoms with Crippen LogP contribution < -0.4 is 0 Å². The minimum Gasteiger partial charge on any atom is -0.461 e. The number of nitrogens with zero attached hydrogens (tertiary/aromatic N) is 2. The summed E-state index contributed by atoms with van der Waals surface area (Å²) in [5, 5.41) is 22.5. The quantitative estimate of drug-likeness (QED) is 0.0208. The number of hydrogen-bond acceptors (Lipinski definition) is 14. The normalized spacial score (nSPS) is 11.8. The number of carbonyl (C=O) groups is 5. The smallest absolute Gasteiger partial charge is 0.309 e. The molecule has 0 N–H and O–H groups in total. The predicted molar refractivity (Wildman–Crippen MR) is 248 cm³/mol. The van der Waals surface area contributed by atoms with Crippen LogP contribution in [0.5, 0.6) is 0 Å². The summed E-state index contributed by atoms with van der Waals surface area (Å²) in [7, 11) is 0. The van der Waals surface area contributed by atoms with Crippen LogP contribution >= 0.6 is 0 Å². The van der Waals surface area contributed by atoms with E-state index in [1.54, 1.807) is 12.1 Å². The fraction of sp³-hybridized carbons (Fsp3) is 0.327. The third kappa shape index (κ3) is 22.0. The van der Waals surface area contributed by atoms with Gasteiger partial charge in [-0.3, -0.25) is 44.2 Å². The minimum atomic E-state index is -1.20. The van der Waals surface area contributed by atoms with E-state index in [4.69, 9.17) is 23.7 Å². The highest BCUT2D eigenvalue weighted by atomic mass is 16.6. The van der Waals surface area contributed by atoms with E-state index in [2.05, 4.69) is 0 Å². The van der Waals surface area contributed by atoms with E-state index >= 15 is 0 Å². The van der Waals surface area contributed by atoms with Gasteiger partial charge < -0.3 is 23.7 Å². The Kier molecular flexibility index (Phi) is 23.7. The standard InChI is InChI=1S/C31H33NO8.C21H23NO6/c33-29(38-21-24-10-4-1-5-11-24)18-16-27(31(35)40-23-26-14-8-3-9-15-26)20-28(32(36)37)17-19-30(34)39-22-25-12-6-2-7-13-25;23-20(27-15-17-7-3-1-4-8-17)12-11-19(13-14-22(25)26)21(24)28-16-18-9-5-2-6-10-18/h1-15,27-28H,16-23H2;1-10,19H,11-16H2. The topological polar surface area (TPSA) is 218 Å². The van der Waals surface area contributed by atoms with Crippen molar-refractivity contribution < 1.29 is 57.5 Å². The van der Waals surface area contributed by atoms with Gasteiger partial charge in [0.2, 0.25) is 12.6 Å². The molecule has 16 nitrogen and oxygen atoms in total. The first-order chi connectivity index (χ1) is 32.9. The van der Waals surface area contributed by atoms with Gasteiger partial charge in [-0.1, -0.05) is 152 Å². The maximum Gasteiger partial charge on any atom is 0.309 e. The SMILES string of the molecule is O=C(CCC(CC(CCC(=O)OCc1ccccc1)[N+](=O)[O-])C(=O)OCc1ccccc1)OCc1ccccc1.O=C(CCC(CC[N+](=O)[O-])C(=O)OCc1ccccc1)OCc1ccccc1. The zero-order valence-corrected chi connectivity index (χ0v) is 37.7. The lowest BCUT2D eigenvalue weighted by Gasteiger charge is -2.18. The maximum atomic E-state index is 13.0. The molecule has 0 amide bonds. The average molecular weight is 933 g/mol. The second kappa shape index (κ2) is 30.5. The number of ether oxygens (including phenoxy) is 5. The van der Waals surface area contributed by atoms with Crippen LogP contribution in [0.1, 0.15) is 79.2 Å². The van der Waals surface area contributed by atoms with Gasteiger partial charge >= 0.3 is 29.8 Å². The van der Waals surface area contributed by atoms with Crippen molar-refractivity contribution in [2.75, 3.05) is 6.54 Å². The Labute approximate surface area is 394 Å². The second-order valence-corrected chi connectivity index (χ2v) is 15.7. The molecule has 358 valence electrons. The van der Waals surface area contributed by atoms with Crippen LogP contribution in [0.25, 0.3) is 0 Å². The van der Waals surface area contributed by atoms with Crippen LogP contribution in [-0.4, -0.2) is 52.3 Å². The molecular formula is C52H56N2O14. The van der Waals surface area contributed by atoms with Crippen molar-refractivity contribution in [1.29, 1.82) is 0 Å². The zero-order chi connectivity index (χ0) is 48.8. The van der Waals surface area contributed by atoms with E-state index in [1.165, 1.54) is 0 Å². The number of carbonyl (C=O) groups excluding carboxylic acids is 5. The monoisotopic (exact) mass is 932 g/mol. The Hall–Kier alpha value is -7.75. The highest BCUT2D eigenvalue weighted by Crippen LogP contribution is 2.22. The summed E-state index contributed by atoms with van der Waals surface area (Å²) in [5.41, 5.74) is 4.09. The number of nitro groups is 2. The van der Waals surface area contributed by atoms with Crippen LogP contribution in [0.3, 0.4) is 0 Å². The van der Waals surface area contributed by atoms with Gasteiger partial charge in [0.25, 0.3) is 0 Å². The third-order valence-electron chi connectivity index (χ3n) is 10.4. The molecule has 0 saturated carbocycles. The lowest BCUT2D eigenvalue weighted by atomic mass is 9.93. The summed E-state index contributed by atoms with van der Waals surface area (Å²) in [6, 6.07) is 44.5. The van der Waals surface area contributed by atoms with Crippen LogP contribution in [0, 0.1) is 32.1 Å². The van der Waals surface area contributed by atoms with E-state index in [0.29, 0.717) is 0 Å². The number of benzene rings is 5. The van der Waals surface area contributed by atoms with Gasteiger partial charge in [-0.25, -0.2) is 0 Å². The van der Waals surface area contributed by atoms with Crippen molar-refractivity contribution in [3.63, 3.8) is 0 Å². The lowest BCUT2D eigenvalue weighted by molar-refractivity contribution is -0.525. The largest absolute Gasteiger partial charge is 0.461 e. The lowest BCUT2D eigenvalue weighted by Crippen LogP contribution is -2.29. The Morgan fingerprint density at radius 3 is 1.01 bits per heavy atom. The van der Waals surface area contributed by atoms with Gasteiger partial charge in [0.05, 0.1) is 18.3 Å². The molecule has 0 fully saturated rings. The maximum absolute atomic E-state index is 13.0. The molecule has 0 aliphatic rings. The molecule has 16 heteroatoms. The van der Waals surface area contributed by atoms with Crippen LogP contribution in [0.2, 0.25) is 0 Å². The Bertz CT molecular complexity index is 2300. The first kappa shape index (κ1) is 52.9. The number of esters is 5. The molecule has 0 bridgehead atoms. The molecule has 0 spiro atoms. The predicted octanol–water partition coefficient (Wildman–Crippen LogP) is 8.97. The zero-order valence-electron chi connectivity index (χ0n) is 37.7. The molecular weight excluding hydrogens is 877 g/mol. The van der Waals surface area contributed by atoms with Gasteiger partial charge in [0, 0.05) is 42.0 Å². The molecule has 0 heterocycles. The first-order valence-electron chi connectivity index (χ1n) is 22.2. The van der Waals surface area contributed by atoms with Gasteiger partial charge in [-0.2, -0.15) is 0 Å². The van der Waals surface area contributed by atoms with Crippen molar-refractivity contribution in [2.45, 2.75) is 90.4 Å². The van der Waals surface area contributed by atoms with Crippen LogP contribution in [-0.2, 0) is 80.7 Å². The molecule has 0 saturated heterocycles. The van der Waals surface area contributed by atoms with Crippen molar-refractivity contribution in [1.82, 2.24) is 0 Å². The molecule has 0 aliphatic carbocycles. The molecule has 3 unspecified atom stereocenters. The molecule has 5 aromatic carbocycles. The van der Waals surface area contributed by atoms with Crippen molar-refractivity contribution in [3.8, 4) is 0 Å². The first-order valence-corrected chi connectivity index (χ1v) is 22.2. The highest BCUT2D eigenvalue weighted by Gasteiger charge is 2.32. The summed E-state index contributed by atoms with van der Waals surface area (Å²) < 4.78 is 26.4. The van der Waals surface area contributed by atoms with E-state index < -0.39 is 57.6 Å². The summed E-state index contributed by atoms with van der Waals surface area (Å²) in [5.74, 6) is -4.37.